The number of nitrogens with zero attached hydrogens (tertiary/aromatic N) is 1. The van der Waals surface area contributed by atoms with Crippen molar-refractivity contribution in [3.63, 3.8) is 0 Å². The van der Waals surface area contributed by atoms with E-state index in [4.69, 9.17) is 14.1 Å². The van der Waals surface area contributed by atoms with Gasteiger partial charge in [0.05, 0.1) is 29.6 Å². The molecule has 1 aliphatic rings. The van der Waals surface area contributed by atoms with Crippen LogP contribution in [0.5, 0.6) is 0 Å². The largest absolute Gasteiger partial charge is 0.465 e. The molecule has 0 atom stereocenters. The third-order valence-corrected chi connectivity index (χ3v) is 4.51. The molecule has 126 valence electrons. The number of carbonyl (C=O) groups excluding carboxylic acids is 1. The summed E-state index contributed by atoms with van der Waals surface area (Å²) in [5.74, 6) is 0.534. The molecule has 4 heteroatoms. The average molecular weight is 333 g/mol. The van der Waals surface area contributed by atoms with Crippen LogP contribution < -0.4 is 0 Å². The molecular formula is C21H19NO3. The molecular weight excluding hydrogens is 314 g/mol. The van der Waals surface area contributed by atoms with Crippen LogP contribution in [0, 0.1) is 0 Å². The Kier molecular flexibility index (Phi) is 4.10. The molecule has 0 amide bonds. The second kappa shape index (κ2) is 6.55. The summed E-state index contributed by atoms with van der Waals surface area (Å²) in [6, 6.07) is 11.6. The van der Waals surface area contributed by atoms with Crippen LogP contribution in [0.3, 0.4) is 0 Å². The van der Waals surface area contributed by atoms with Gasteiger partial charge in [-0.2, -0.15) is 0 Å². The van der Waals surface area contributed by atoms with E-state index in [0.717, 1.165) is 52.8 Å². The SMILES string of the molecule is CCOC(=O)c1c2c(nc3ccccc13)/C(=C/c1ccco1)CCC2. The van der Waals surface area contributed by atoms with Crippen molar-refractivity contribution in [2.75, 3.05) is 6.61 Å². The predicted octanol–water partition coefficient (Wildman–Crippen LogP) is 4.88. The molecule has 0 N–H and O–H groups in total. The molecule has 4 rings (SSSR count). The molecule has 2 aromatic heterocycles. The lowest BCUT2D eigenvalue weighted by Gasteiger charge is -2.22. The Morgan fingerprint density at radius 3 is 2.92 bits per heavy atom. The highest BCUT2D eigenvalue weighted by Crippen LogP contribution is 2.36. The Morgan fingerprint density at radius 2 is 2.12 bits per heavy atom. The molecule has 0 saturated heterocycles. The van der Waals surface area contributed by atoms with Crippen molar-refractivity contribution in [2.24, 2.45) is 0 Å². The molecule has 1 aromatic carbocycles. The Bertz CT molecular complexity index is 955. The van der Waals surface area contributed by atoms with Gasteiger partial charge in [-0.25, -0.2) is 9.78 Å². The quantitative estimate of drug-likeness (QED) is 0.641. The van der Waals surface area contributed by atoms with Crippen LogP contribution >= 0.6 is 0 Å². The number of carbonyl (C=O) groups is 1. The van der Waals surface area contributed by atoms with Crippen LogP contribution in [0.1, 0.15) is 47.1 Å². The number of allylic oxidation sites excluding steroid dienone is 1. The zero-order valence-corrected chi connectivity index (χ0v) is 14.1. The summed E-state index contributed by atoms with van der Waals surface area (Å²) in [5, 5.41) is 0.860. The highest BCUT2D eigenvalue weighted by Gasteiger charge is 2.25. The second-order valence-electron chi connectivity index (χ2n) is 6.09. The lowest BCUT2D eigenvalue weighted by Crippen LogP contribution is -2.15. The van der Waals surface area contributed by atoms with E-state index in [2.05, 4.69) is 0 Å². The molecule has 1 aliphatic carbocycles. The molecule has 0 bridgehead atoms. The first kappa shape index (κ1) is 15.6. The summed E-state index contributed by atoms with van der Waals surface area (Å²) in [4.78, 5) is 17.5. The minimum atomic E-state index is -0.267. The minimum absolute atomic E-state index is 0.267. The van der Waals surface area contributed by atoms with Gasteiger partial charge in [-0.05, 0) is 61.6 Å². The number of pyridine rings is 1. The number of hydrogen-bond donors (Lipinski definition) is 0. The fraction of sp³-hybridized carbons (Fsp3) is 0.238. The minimum Gasteiger partial charge on any atom is -0.465 e. The number of hydrogen-bond acceptors (Lipinski definition) is 4. The van der Waals surface area contributed by atoms with Gasteiger partial charge >= 0.3 is 5.97 Å². The standard InChI is InChI=1S/C21H19NO3/c1-2-24-21(23)19-16-9-3-4-11-18(16)22-20-14(7-5-10-17(19)20)13-15-8-6-12-25-15/h3-4,6,8-9,11-13H,2,5,7,10H2,1H3/b14-13+. The van der Waals surface area contributed by atoms with Crippen molar-refractivity contribution in [2.45, 2.75) is 26.2 Å². The van der Waals surface area contributed by atoms with Crippen molar-refractivity contribution < 1.29 is 13.9 Å². The van der Waals surface area contributed by atoms with Crippen molar-refractivity contribution in [1.82, 2.24) is 4.98 Å². The van der Waals surface area contributed by atoms with Crippen molar-refractivity contribution in [3.05, 3.63) is 65.2 Å². The van der Waals surface area contributed by atoms with Gasteiger partial charge in [0.1, 0.15) is 5.76 Å². The van der Waals surface area contributed by atoms with Gasteiger partial charge in [0.15, 0.2) is 0 Å². The summed E-state index contributed by atoms with van der Waals surface area (Å²) < 4.78 is 10.8. The number of fused-ring (bicyclic) bond motifs is 2. The first-order valence-electron chi connectivity index (χ1n) is 8.61. The molecule has 0 spiro atoms. The number of aromatic nitrogens is 1. The Labute approximate surface area is 146 Å². The monoisotopic (exact) mass is 333 g/mol. The van der Waals surface area contributed by atoms with Gasteiger partial charge in [0, 0.05) is 5.39 Å². The van der Waals surface area contributed by atoms with E-state index < -0.39 is 0 Å². The van der Waals surface area contributed by atoms with Crippen LogP contribution in [-0.4, -0.2) is 17.6 Å². The highest BCUT2D eigenvalue weighted by molar-refractivity contribution is 6.06. The third-order valence-electron chi connectivity index (χ3n) is 4.51. The maximum atomic E-state index is 12.7. The first-order chi connectivity index (χ1) is 12.3. The van der Waals surface area contributed by atoms with E-state index in [-0.39, 0.29) is 5.97 Å². The maximum absolute atomic E-state index is 12.7. The van der Waals surface area contributed by atoms with Gasteiger partial charge in [0.25, 0.3) is 0 Å². The number of benzene rings is 1. The van der Waals surface area contributed by atoms with E-state index in [1.165, 1.54) is 0 Å². The normalized spacial score (nSPS) is 15.3. The van der Waals surface area contributed by atoms with Gasteiger partial charge in [-0.15, -0.1) is 0 Å². The first-order valence-corrected chi connectivity index (χ1v) is 8.61. The summed E-state index contributed by atoms with van der Waals surface area (Å²) in [7, 11) is 0. The molecule has 2 heterocycles. The molecule has 0 aliphatic heterocycles. The Morgan fingerprint density at radius 1 is 1.24 bits per heavy atom. The molecule has 3 aromatic rings. The van der Waals surface area contributed by atoms with E-state index in [1.807, 2.05) is 49.4 Å². The second-order valence-corrected chi connectivity index (χ2v) is 6.09. The van der Waals surface area contributed by atoms with Crippen LogP contribution in [0.2, 0.25) is 0 Å². The van der Waals surface area contributed by atoms with Gasteiger partial charge in [-0.1, -0.05) is 18.2 Å². The maximum Gasteiger partial charge on any atom is 0.339 e. The van der Waals surface area contributed by atoms with Crippen molar-refractivity contribution >= 4 is 28.5 Å². The molecule has 0 radical (unpaired) electrons. The van der Waals surface area contributed by atoms with E-state index in [0.29, 0.717) is 12.2 Å². The van der Waals surface area contributed by atoms with Crippen LogP contribution in [0.25, 0.3) is 22.6 Å². The van der Waals surface area contributed by atoms with Gasteiger partial charge in [0.2, 0.25) is 0 Å². The summed E-state index contributed by atoms with van der Waals surface area (Å²) >= 11 is 0. The van der Waals surface area contributed by atoms with E-state index in [1.54, 1.807) is 6.26 Å². The van der Waals surface area contributed by atoms with Crippen molar-refractivity contribution in [3.8, 4) is 0 Å². The smallest absolute Gasteiger partial charge is 0.339 e. The highest BCUT2D eigenvalue weighted by atomic mass is 16.5. The molecule has 25 heavy (non-hydrogen) atoms. The van der Waals surface area contributed by atoms with Gasteiger partial charge in [-0.3, -0.25) is 0 Å². The fourth-order valence-corrected chi connectivity index (χ4v) is 3.46. The number of furan rings is 1. The fourth-order valence-electron chi connectivity index (χ4n) is 3.46. The lowest BCUT2D eigenvalue weighted by molar-refractivity contribution is 0.0527. The van der Waals surface area contributed by atoms with Crippen LogP contribution in [-0.2, 0) is 11.2 Å². The summed E-state index contributed by atoms with van der Waals surface area (Å²) in [6.07, 6.45) is 6.41. The van der Waals surface area contributed by atoms with Gasteiger partial charge < -0.3 is 9.15 Å². The zero-order chi connectivity index (χ0) is 17.2. The third kappa shape index (κ3) is 2.84. The van der Waals surface area contributed by atoms with Crippen LogP contribution in [0.4, 0.5) is 0 Å². The average Bonchev–Trinajstić information content (AvgIpc) is 3.13. The number of para-hydroxylation sites is 1. The van der Waals surface area contributed by atoms with Crippen LogP contribution in [0.15, 0.2) is 47.1 Å². The molecule has 0 unspecified atom stereocenters. The summed E-state index contributed by atoms with van der Waals surface area (Å²) in [5.41, 5.74) is 4.46. The molecule has 4 nitrogen and oxygen atoms in total. The number of ether oxygens (including phenoxy) is 1. The zero-order valence-electron chi connectivity index (χ0n) is 14.1. The molecule has 0 saturated carbocycles. The van der Waals surface area contributed by atoms with E-state index >= 15 is 0 Å². The number of rotatable bonds is 3. The predicted molar refractivity (Wildman–Crippen MR) is 97.2 cm³/mol. The lowest BCUT2D eigenvalue weighted by atomic mass is 9.86. The molecule has 0 fully saturated rings. The Balaban J connectivity index is 1.96. The Hall–Kier alpha value is -2.88. The van der Waals surface area contributed by atoms with E-state index in [9.17, 15) is 4.79 Å². The number of esters is 1. The van der Waals surface area contributed by atoms with Crippen molar-refractivity contribution in [1.29, 1.82) is 0 Å². The topological polar surface area (TPSA) is 52.3 Å². The summed E-state index contributed by atoms with van der Waals surface area (Å²) in [6.45, 7) is 2.19.